The Kier molecular flexibility index (Phi) is 10.2. The lowest BCUT2D eigenvalue weighted by Gasteiger charge is -2.26. The molecule has 0 rings (SSSR count). The first-order valence-corrected chi connectivity index (χ1v) is 9.00. The van der Waals surface area contributed by atoms with Crippen LogP contribution in [0.1, 0.15) is 27.7 Å². The summed E-state index contributed by atoms with van der Waals surface area (Å²) in [7, 11) is 6.37. The van der Waals surface area contributed by atoms with Crippen LogP contribution in [0.15, 0.2) is 0 Å². The zero-order valence-electron chi connectivity index (χ0n) is 12.1. The van der Waals surface area contributed by atoms with Gasteiger partial charge in [0.1, 0.15) is 13.2 Å². The monoisotopic (exact) mass is 395 g/mol. The van der Waals surface area contributed by atoms with Gasteiger partial charge >= 0.3 is 0 Å². The molecule has 106 valence electrons. The molecule has 6 heteroatoms. The van der Waals surface area contributed by atoms with Crippen LogP contribution in [0.2, 0.25) is 0 Å². The van der Waals surface area contributed by atoms with Crippen molar-refractivity contribution in [2.45, 2.75) is 39.0 Å². The fraction of sp³-hybridized carbons (Fsp3) is 1.00. The van der Waals surface area contributed by atoms with Gasteiger partial charge in [0.2, 0.25) is 0 Å². The van der Waals surface area contributed by atoms with E-state index in [9.17, 15) is 4.57 Å². The summed E-state index contributed by atoms with van der Waals surface area (Å²) in [4.78, 5) is 0. The van der Waals surface area contributed by atoms with Gasteiger partial charge in [0.25, 0.3) is 0 Å². The van der Waals surface area contributed by atoms with Crippen molar-refractivity contribution in [3.05, 3.63) is 0 Å². The zero-order chi connectivity index (χ0) is 13.0. The van der Waals surface area contributed by atoms with Crippen LogP contribution in [-0.4, -0.2) is 50.1 Å². The first kappa shape index (κ1) is 20.5. The van der Waals surface area contributed by atoms with E-state index < -0.39 is 6.34 Å². The number of quaternary nitrogens is 1. The Morgan fingerprint density at radius 2 is 1.53 bits per heavy atom. The highest BCUT2D eigenvalue weighted by molar-refractivity contribution is 8.56. The second-order valence-electron chi connectivity index (χ2n) is 5.74. The topological polar surface area (TPSA) is 26.3 Å². The summed E-state index contributed by atoms with van der Waals surface area (Å²) in [6.45, 7) is 9.63. The third-order valence-electron chi connectivity index (χ3n) is 2.45. The van der Waals surface area contributed by atoms with Crippen molar-refractivity contribution < 1.29 is 37.2 Å². The third-order valence-corrected chi connectivity index (χ3v) is 9.38. The van der Waals surface area contributed by atoms with Crippen LogP contribution in [0.5, 0.6) is 0 Å². The molecule has 17 heavy (non-hydrogen) atoms. The number of halogens is 1. The molecule has 0 heterocycles. The average molecular weight is 395 g/mol. The highest BCUT2D eigenvalue weighted by atomic mass is 127. The Labute approximate surface area is 128 Å². The normalized spacial score (nSPS) is 13.0. The summed E-state index contributed by atoms with van der Waals surface area (Å²) in [5, 5.41) is 0. The smallest absolute Gasteiger partial charge is 0.169 e. The van der Waals surface area contributed by atoms with Crippen molar-refractivity contribution in [3.8, 4) is 0 Å². The van der Waals surface area contributed by atoms with Crippen LogP contribution in [0.25, 0.3) is 0 Å². The molecule has 0 N–H and O–H groups in total. The van der Waals surface area contributed by atoms with Gasteiger partial charge in [-0.05, 0) is 0 Å². The van der Waals surface area contributed by atoms with Crippen molar-refractivity contribution in [3.63, 3.8) is 0 Å². The van der Waals surface area contributed by atoms with E-state index >= 15 is 0 Å². The molecule has 0 aromatic heterocycles. The highest BCUT2D eigenvalue weighted by Gasteiger charge is 2.32. The van der Waals surface area contributed by atoms with Gasteiger partial charge in [0.05, 0.1) is 32.8 Å². The summed E-state index contributed by atoms with van der Waals surface area (Å²) >= 11 is 1.23. The third kappa shape index (κ3) is 8.09. The molecule has 0 aliphatic carbocycles. The van der Waals surface area contributed by atoms with Crippen molar-refractivity contribution in [2.75, 3.05) is 34.3 Å². The number of nitrogens with zero attached hydrogens (tertiary/aromatic N) is 1. The number of hydrogen-bond acceptors (Lipinski definition) is 3. The summed E-state index contributed by atoms with van der Waals surface area (Å²) in [5.74, 6) is 0. The van der Waals surface area contributed by atoms with Crippen LogP contribution < -0.4 is 24.0 Å². The van der Waals surface area contributed by atoms with Gasteiger partial charge in [-0.3, -0.25) is 0 Å². The molecular formula is C11H27INO2PS. The highest BCUT2D eigenvalue weighted by Crippen LogP contribution is 2.66. The standard InChI is InChI=1S/C11H27NO2PS.HI/c1-10(2)15(13,11(3)4)16-14-9-8-12(5,6)7;/h10-11H,8-9H2,1-7H3;1H/q+1;/p-1. The minimum Gasteiger partial charge on any atom is -1.00 e. The van der Waals surface area contributed by atoms with Gasteiger partial charge in [-0.15, -0.1) is 0 Å². The van der Waals surface area contributed by atoms with Gasteiger partial charge < -0.3 is 37.2 Å². The second-order valence-corrected chi connectivity index (χ2v) is 11.6. The molecule has 0 aromatic carbocycles. The van der Waals surface area contributed by atoms with Crippen LogP contribution in [0, 0.1) is 0 Å². The molecule has 0 aliphatic heterocycles. The van der Waals surface area contributed by atoms with Gasteiger partial charge in [-0.1, -0.05) is 27.7 Å². The quantitative estimate of drug-likeness (QED) is 0.206. The van der Waals surface area contributed by atoms with E-state index in [1.807, 2.05) is 27.7 Å². The predicted octanol–water partition coefficient (Wildman–Crippen LogP) is 0.456. The van der Waals surface area contributed by atoms with E-state index in [0.717, 1.165) is 11.0 Å². The van der Waals surface area contributed by atoms with Gasteiger partial charge in [0.15, 0.2) is 6.34 Å². The fourth-order valence-corrected chi connectivity index (χ4v) is 4.80. The van der Waals surface area contributed by atoms with Gasteiger partial charge in [0, 0.05) is 11.3 Å². The molecule has 0 fully saturated rings. The fourth-order valence-electron chi connectivity index (χ4n) is 1.20. The Bertz CT molecular complexity index is 242. The predicted molar refractivity (Wildman–Crippen MR) is 74.3 cm³/mol. The van der Waals surface area contributed by atoms with E-state index in [4.69, 9.17) is 4.18 Å². The molecule has 0 unspecified atom stereocenters. The molecule has 0 atom stereocenters. The second kappa shape index (κ2) is 8.41. The van der Waals surface area contributed by atoms with Crippen molar-refractivity contribution in [1.29, 1.82) is 0 Å². The van der Waals surface area contributed by atoms with Gasteiger partial charge in [-0.2, -0.15) is 0 Å². The van der Waals surface area contributed by atoms with Crippen LogP contribution in [0.4, 0.5) is 0 Å². The summed E-state index contributed by atoms with van der Waals surface area (Å²) < 4.78 is 19.0. The van der Waals surface area contributed by atoms with Crippen molar-refractivity contribution >= 4 is 18.0 Å². The van der Waals surface area contributed by atoms with Crippen molar-refractivity contribution in [2.24, 2.45) is 0 Å². The Morgan fingerprint density at radius 3 is 1.82 bits per heavy atom. The lowest BCUT2D eigenvalue weighted by molar-refractivity contribution is -0.870. The molecule has 0 aromatic rings. The molecule has 0 saturated heterocycles. The first-order valence-electron chi connectivity index (χ1n) is 5.80. The molecule has 3 nitrogen and oxygen atoms in total. The first-order chi connectivity index (χ1) is 7.09. The summed E-state index contributed by atoms with van der Waals surface area (Å²) in [6.07, 6.45) is -2.26. The van der Waals surface area contributed by atoms with E-state index in [1.54, 1.807) is 0 Å². The molecule has 0 saturated carbocycles. The largest absolute Gasteiger partial charge is 1.00 e. The van der Waals surface area contributed by atoms with E-state index in [-0.39, 0.29) is 35.3 Å². The number of likely N-dealkylation sites (N-methyl/N-ethyl adjacent to an activating group) is 1. The van der Waals surface area contributed by atoms with E-state index in [1.165, 1.54) is 11.7 Å². The molecule has 0 amide bonds. The molecule has 0 aliphatic rings. The molecule has 0 spiro atoms. The average Bonchev–Trinajstić information content (AvgIpc) is 2.09. The Morgan fingerprint density at radius 1 is 1.12 bits per heavy atom. The van der Waals surface area contributed by atoms with Gasteiger partial charge in [-0.25, -0.2) is 0 Å². The molecule has 0 radical (unpaired) electrons. The SMILES string of the molecule is CC(C)P(=O)(SOCC[N+](C)(C)C)C(C)C.[I-]. The van der Waals surface area contributed by atoms with Crippen LogP contribution in [0.3, 0.4) is 0 Å². The van der Waals surface area contributed by atoms with Crippen molar-refractivity contribution in [1.82, 2.24) is 0 Å². The Balaban J connectivity index is 0. The number of rotatable bonds is 7. The minimum absolute atomic E-state index is 0. The van der Waals surface area contributed by atoms with E-state index in [2.05, 4.69) is 21.1 Å². The number of hydrogen-bond donors (Lipinski definition) is 0. The lowest BCUT2D eigenvalue weighted by Crippen LogP contribution is -3.00. The maximum absolute atomic E-state index is 12.6. The molecular weight excluding hydrogens is 368 g/mol. The summed E-state index contributed by atoms with van der Waals surface area (Å²) in [6, 6.07) is 0. The maximum Gasteiger partial charge on any atom is 0.169 e. The zero-order valence-corrected chi connectivity index (χ0v) is 15.9. The van der Waals surface area contributed by atoms with Crippen LogP contribution in [-0.2, 0) is 8.75 Å². The minimum atomic E-state index is -2.26. The Hall–Kier alpha value is 1.23. The molecule has 0 bridgehead atoms. The lowest BCUT2D eigenvalue weighted by atomic mass is 10.5. The van der Waals surface area contributed by atoms with E-state index in [0.29, 0.717) is 6.61 Å². The summed E-state index contributed by atoms with van der Waals surface area (Å²) in [5.41, 5.74) is 0.364. The van der Waals surface area contributed by atoms with Crippen LogP contribution >= 0.6 is 18.0 Å². The maximum atomic E-state index is 12.6.